The van der Waals surface area contributed by atoms with Crippen molar-refractivity contribution in [3.05, 3.63) is 0 Å². The first-order valence-corrected chi connectivity index (χ1v) is 7.60. The first kappa shape index (κ1) is 14.3. The molecule has 1 aliphatic heterocycles. The molecule has 0 bridgehead atoms. The van der Waals surface area contributed by atoms with Gasteiger partial charge in [0.1, 0.15) is 0 Å². The van der Waals surface area contributed by atoms with Crippen LogP contribution in [0.3, 0.4) is 0 Å². The highest BCUT2D eigenvalue weighted by atomic mass is 16.3. The molecule has 1 atom stereocenters. The van der Waals surface area contributed by atoms with Gasteiger partial charge in [0, 0.05) is 45.3 Å². The Kier molecular flexibility index (Phi) is 5.89. The van der Waals surface area contributed by atoms with Crippen molar-refractivity contribution in [3.8, 4) is 0 Å². The smallest absolute Gasteiger partial charge is 0.0597 e. The molecule has 2 N–H and O–H groups in total. The van der Waals surface area contributed by atoms with E-state index in [1.807, 2.05) is 0 Å². The van der Waals surface area contributed by atoms with Crippen molar-refractivity contribution in [2.24, 2.45) is 5.92 Å². The van der Waals surface area contributed by atoms with E-state index in [4.69, 9.17) is 0 Å². The summed E-state index contributed by atoms with van der Waals surface area (Å²) in [6, 6.07) is 0.250. The molecule has 18 heavy (non-hydrogen) atoms. The van der Waals surface area contributed by atoms with Crippen molar-refractivity contribution in [2.45, 2.75) is 32.2 Å². The van der Waals surface area contributed by atoms with Crippen LogP contribution in [0.2, 0.25) is 0 Å². The largest absolute Gasteiger partial charge is 0.395 e. The van der Waals surface area contributed by atoms with Gasteiger partial charge in [0.05, 0.1) is 6.61 Å². The molecule has 0 aromatic rings. The van der Waals surface area contributed by atoms with E-state index in [2.05, 4.69) is 22.0 Å². The minimum atomic E-state index is 0.250. The molecule has 1 saturated carbocycles. The molecule has 0 aromatic carbocycles. The maximum atomic E-state index is 9.36. The Morgan fingerprint density at radius 3 is 2.39 bits per heavy atom. The molecule has 1 heterocycles. The van der Waals surface area contributed by atoms with E-state index in [0.717, 1.165) is 38.5 Å². The number of aliphatic hydroxyl groups excluding tert-OH is 1. The molecule has 0 amide bonds. The fourth-order valence-corrected chi connectivity index (χ4v) is 2.67. The zero-order valence-electron chi connectivity index (χ0n) is 11.8. The number of nitrogens with zero attached hydrogens (tertiary/aromatic N) is 2. The van der Waals surface area contributed by atoms with Gasteiger partial charge in [0.25, 0.3) is 0 Å². The molecule has 1 unspecified atom stereocenters. The molecular formula is C14H29N3O. The number of piperazine rings is 1. The van der Waals surface area contributed by atoms with Gasteiger partial charge in [-0.25, -0.2) is 0 Å². The lowest BCUT2D eigenvalue weighted by atomic mass is 10.2. The lowest BCUT2D eigenvalue weighted by molar-refractivity contribution is 0.107. The molecule has 0 aromatic heterocycles. The van der Waals surface area contributed by atoms with E-state index in [1.165, 1.54) is 32.5 Å². The number of rotatable bonds is 8. The lowest BCUT2D eigenvalue weighted by Crippen LogP contribution is -2.51. The summed E-state index contributed by atoms with van der Waals surface area (Å²) < 4.78 is 0. The van der Waals surface area contributed by atoms with Gasteiger partial charge < -0.3 is 15.3 Å². The fraction of sp³-hybridized carbons (Fsp3) is 1.00. The molecule has 0 spiro atoms. The number of hydrogen-bond acceptors (Lipinski definition) is 4. The van der Waals surface area contributed by atoms with Gasteiger partial charge in [-0.3, -0.25) is 4.90 Å². The number of aliphatic hydroxyl groups is 1. The van der Waals surface area contributed by atoms with E-state index >= 15 is 0 Å². The average Bonchev–Trinajstić information content (AvgIpc) is 3.20. The highest BCUT2D eigenvalue weighted by Crippen LogP contribution is 2.29. The first-order chi connectivity index (χ1) is 8.81. The summed E-state index contributed by atoms with van der Waals surface area (Å²) in [4.78, 5) is 5.11. The second kappa shape index (κ2) is 7.43. The van der Waals surface area contributed by atoms with Gasteiger partial charge >= 0.3 is 0 Å². The maximum Gasteiger partial charge on any atom is 0.0597 e. The van der Waals surface area contributed by atoms with Gasteiger partial charge in [-0.1, -0.05) is 6.92 Å². The van der Waals surface area contributed by atoms with E-state index < -0.39 is 0 Å². The average molecular weight is 255 g/mol. The fourth-order valence-electron chi connectivity index (χ4n) is 2.67. The molecular weight excluding hydrogens is 226 g/mol. The quantitative estimate of drug-likeness (QED) is 0.657. The van der Waals surface area contributed by atoms with Gasteiger partial charge in [-0.05, 0) is 31.7 Å². The van der Waals surface area contributed by atoms with Gasteiger partial charge in [-0.2, -0.15) is 0 Å². The number of nitrogens with one attached hydrogen (secondary N) is 1. The molecule has 2 aliphatic rings. The van der Waals surface area contributed by atoms with Crippen LogP contribution in [0.1, 0.15) is 26.2 Å². The Labute approximate surface area is 111 Å². The normalized spacial score (nSPS) is 24.3. The summed E-state index contributed by atoms with van der Waals surface area (Å²) in [5.74, 6) is 1.01. The van der Waals surface area contributed by atoms with Crippen molar-refractivity contribution < 1.29 is 5.11 Å². The predicted molar refractivity (Wildman–Crippen MR) is 74.8 cm³/mol. The van der Waals surface area contributed by atoms with E-state index in [-0.39, 0.29) is 12.6 Å². The topological polar surface area (TPSA) is 38.7 Å². The molecule has 106 valence electrons. The summed E-state index contributed by atoms with van der Waals surface area (Å²) in [5, 5.41) is 12.8. The van der Waals surface area contributed by atoms with Crippen LogP contribution in [-0.2, 0) is 0 Å². The van der Waals surface area contributed by atoms with Gasteiger partial charge in [0.2, 0.25) is 0 Å². The molecule has 4 heteroatoms. The van der Waals surface area contributed by atoms with Crippen LogP contribution < -0.4 is 5.32 Å². The standard InChI is InChI=1S/C14H29N3O/c1-2-5-15-14(12-18)11-17-8-6-16(7-9-17)10-13-3-4-13/h13-15,18H,2-12H2,1H3. The molecule has 0 radical (unpaired) electrons. The SMILES string of the molecule is CCCNC(CO)CN1CCN(CC2CC2)CC1. The van der Waals surface area contributed by atoms with Crippen LogP contribution in [-0.4, -0.2) is 73.4 Å². The predicted octanol–water partition coefficient (Wildman–Crippen LogP) is 0.375. The maximum absolute atomic E-state index is 9.36. The third-order valence-electron chi connectivity index (χ3n) is 4.06. The third-order valence-corrected chi connectivity index (χ3v) is 4.06. The Balaban J connectivity index is 1.61. The van der Waals surface area contributed by atoms with E-state index in [1.54, 1.807) is 0 Å². The van der Waals surface area contributed by atoms with Crippen molar-refractivity contribution in [2.75, 3.05) is 52.4 Å². The summed E-state index contributed by atoms with van der Waals surface area (Å²) in [5.41, 5.74) is 0. The lowest BCUT2D eigenvalue weighted by Gasteiger charge is -2.36. The van der Waals surface area contributed by atoms with Crippen LogP contribution in [0, 0.1) is 5.92 Å². The molecule has 2 rings (SSSR count). The first-order valence-electron chi connectivity index (χ1n) is 7.60. The Morgan fingerprint density at radius 1 is 1.17 bits per heavy atom. The van der Waals surface area contributed by atoms with Crippen LogP contribution in [0.15, 0.2) is 0 Å². The van der Waals surface area contributed by atoms with Crippen LogP contribution in [0.4, 0.5) is 0 Å². The molecule has 4 nitrogen and oxygen atoms in total. The summed E-state index contributed by atoms with van der Waals surface area (Å²) in [6.07, 6.45) is 4.03. The third kappa shape index (κ3) is 4.84. The van der Waals surface area contributed by atoms with Crippen molar-refractivity contribution in [1.29, 1.82) is 0 Å². The van der Waals surface area contributed by atoms with Gasteiger partial charge in [-0.15, -0.1) is 0 Å². The zero-order chi connectivity index (χ0) is 12.8. The second-order valence-electron chi connectivity index (χ2n) is 5.88. The zero-order valence-corrected chi connectivity index (χ0v) is 11.8. The molecule has 1 saturated heterocycles. The van der Waals surface area contributed by atoms with Gasteiger partial charge in [0.15, 0.2) is 0 Å². The van der Waals surface area contributed by atoms with E-state index in [9.17, 15) is 5.11 Å². The molecule has 2 fully saturated rings. The van der Waals surface area contributed by atoms with Crippen LogP contribution in [0.25, 0.3) is 0 Å². The summed E-state index contributed by atoms with van der Waals surface area (Å²) >= 11 is 0. The van der Waals surface area contributed by atoms with Crippen LogP contribution in [0.5, 0.6) is 0 Å². The summed E-state index contributed by atoms with van der Waals surface area (Å²) in [7, 11) is 0. The molecule has 1 aliphatic carbocycles. The van der Waals surface area contributed by atoms with E-state index in [0.29, 0.717) is 0 Å². The minimum absolute atomic E-state index is 0.250. The summed E-state index contributed by atoms with van der Waals surface area (Å²) in [6.45, 7) is 10.5. The van der Waals surface area contributed by atoms with Crippen molar-refractivity contribution in [1.82, 2.24) is 15.1 Å². The minimum Gasteiger partial charge on any atom is -0.395 e. The highest BCUT2D eigenvalue weighted by molar-refractivity contribution is 4.82. The highest BCUT2D eigenvalue weighted by Gasteiger charge is 2.26. The second-order valence-corrected chi connectivity index (χ2v) is 5.88. The monoisotopic (exact) mass is 255 g/mol. The van der Waals surface area contributed by atoms with Crippen LogP contribution >= 0.6 is 0 Å². The Morgan fingerprint density at radius 2 is 1.83 bits per heavy atom. The van der Waals surface area contributed by atoms with Crippen molar-refractivity contribution >= 4 is 0 Å². The Hall–Kier alpha value is -0.160. The van der Waals surface area contributed by atoms with Crippen molar-refractivity contribution in [3.63, 3.8) is 0 Å². The number of hydrogen-bond donors (Lipinski definition) is 2. The Bertz CT molecular complexity index is 225.